The van der Waals surface area contributed by atoms with Crippen molar-refractivity contribution in [3.05, 3.63) is 24.3 Å². The number of benzene rings is 1. The molecule has 0 heterocycles. The average molecular weight is 236 g/mol. The number of nitrogens with two attached hydrogens (primary N) is 1. The fraction of sp³-hybridized carbons (Fsp3) is 0.571. The van der Waals surface area contributed by atoms with Gasteiger partial charge in [0.1, 0.15) is 5.75 Å². The highest BCUT2D eigenvalue weighted by molar-refractivity contribution is 5.50. The van der Waals surface area contributed by atoms with Crippen LogP contribution in [0.1, 0.15) is 20.8 Å². The van der Waals surface area contributed by atoms with Crippen LogP contribution in [0.4, 0.5) is 5.69 Å². The Morgan fingerprint density at radius 3 is 2.53 bits per heavy atom. The molecule has 3 heteroatoms. The van der Waals surface area contributed by atoms with E-state index in [0.717, 1.165) is 18.0 Å². The van der Waals surface area contributed by atoms with Gasteiger partial charge in [-0.05, 0) is 17.5 Å². The van der Waals surface area contributed by atoms with E-state index in [9.17, 15) is 0 Å². The standard InChI is InChI=1S/C14H24N2O/c1-14(2,3)13(15)10-16(4)11-7-6-8-12(9-11)17-5/h6-9,13H,10,15H2,1-5H3. The van der Waals surface area contributed by atoms with Crippen molar-refractivity contribution in [1.29, 1.82) is 0 Å². The van der Waals surface area contributed by atoms with Gasteiger partial charge in [-0.15, -0.1) is 0 Å². The molecule has 1 atom stereocenters. The van der Waals surface area contributed by atoms with E-state index in [1.165, 1.54) is 0 Å². The topological polar surface area (TPSA) is 38.5 Å². The van der Waals surface area contributed by atoms with Crippen molar-refractivity contribution in [1.82, 2.24) is 0 Å². The van der Waals surface area contributed by atoms with Crippen LogP contribution in [0.3, 0.4) is 0 Å². The van der Waals surface area contributed by atoms with Crippen LogP contribution < -0.4 is 15.4 Å². The summed E-state index contributed by atoms with van der Waals surface area (Å²) in [7, 11) is 3.74. The summed E-state index contributed by atoms with van der Waals surface area (Å²) in [6.07, 6.45) is 0. The minimum atomic E-state index is 0.118. The molecular formula is C14H24N2O. The van der Waals surface area contributed by atoms with E-state index in [1.54, 1.807) is 7.11 Å². The van der Waals surface area contributed by atoms with Crippen molar-refractivity contribution in [2.75, 3.05) is 25.6 Å². The average Bonchev–Trinajstić information content (AvgIpc) is 2.27. The van der Waals surface area contributed by atoms with Gasteiger partial charge in [0.25, 0.3) is 0 Å². The van der Waals surface area contributed by atoms with Crippen molar-refractivity contribution >= 4 is 5.69 Å². The summed E-state index contributed by atoms with van der Waals surface area (Å²) in [4.78, 5) is 2.17. The van der Waals surface area contributed by atoms with Crippen molar-refractivity contribution < 1.29 is 4.74 Å². The van der Waals surface area contributed by atoms with Gasteiger partial charge in [-0.2, -0.15) is 0 Å². The van der Waals surface area contributed by atoms with Gasteiger partial charge in [-0.25, -0.2) is 0 Å². The zero-order chi connectivity index (χ0) is 13.1. The Bertz CT molecular complexity index is 357. The van der Waals surface area contributed by atoms with E-state index >= 15 is 0 Å². The first-order valence-corrected chi connectivity index (χ1v) is 5.95. The number of likely N-dealkylation sites (N-methyl/N-ethyl adjacent to an activating group) is 1. The van der Waals surface area contributed by atoms with Crippen LogP contribution in [-0.2, 0) is 0 Å². The highest BCUT2D eigenvalue weighted by Crippen LogP contribution is 2.23. The maximum Gasteiger partial charge on any atom is 0.120 e. The molecule has 0 spiro atoms. The fourth-order valence-corrected chi connectivity index (χ4v) is 1.52. The monoisotopic (exact) mass is 236 g/mol. The van der Waals surface area contributed by atoms with E-state index in [2.05, 4.69) is 38.8 Å². The van der Waals surface area contributed by atoms with Crippen molar-refractivity contribution in [2.24, 2.45) is 11.1 Å². The molecule has 17 heavy (non-hydrogen) atoms. The lowest BCUT2D eigenvalue weighted by atomic mass is 9.87. The van der Waals surface area contributed by atoms with Crippen LogP contribution in [0.2, 0.25) is 0 Å². The lowest BCUT2D eigenvalue weighted by molar-refractivity contribution is 0.323. The zero-order valence-corrected chi connectivity index (χ0v) is 11.5. The molecule has 0 aliphatic rings. The predicted octanol–water partition coefficient (Wildman–Crippen LogP) is 2.50. The summed E-state index contributed by atoms with van der Waals surface area (Å²) >= 11 is 0. The van der Waals surface area contributed by atoms with E-state index in [4.69, 9.17) is 10.5 Å². The number of methoxy groups -OCH3 is 1. The molecular weight excluding hydrogens is 212 g/mol. The SMILES string of the molecule is COc1cccc(N(C)CC(N)C(C)(C)C)c1. The van der Waals surface area contributed by atoms with E-state index in [1.807, 2.05) is 18.2 Å². The highest BCUT2D eigenvalue weighted by atomic mass is 16.5. The Morgan fingerprint density at radius 2 is 2.00 bits per heavy atom. The summed E-state index contributed by atoms with van der Waals surface area (Å²) in [6.45, 7) is 7.32. The third-order valence-electron chi connectivity index (χ3n) is 3.08. The van der Waals surface area contributed by atoms with Crippen molar-refractivity contribution in [3.63, 3.8) is 0 Å². The van der Waals surface area contributed by atoms with Gasteiger partial charge in [0.15, 0.2) is 0 Å². The molecule has 2 N–H and O–H groups in total. The summed E-state index contributed by atoms with van der Waals surface area (Å²) in [5.41, 5.74) is 7.43. The molecule has 0 aliphatic carbocycles. The second-order valence-corrected chi connectivity index (χ2v) is 5.55. The second kappa shape index (κ2) is 5.41. The van der Waals surface area contributed by atoms with Gasteiger partial charge in [-0.1, -0.05) is 26.8 Å². The second-order valence-electron chi connectivity index (χ2n) is 5.55. The lowest BCUT2D eigenvalue weighted by Crippen LogP contribution is -2.44. The molecule has 1 aromatic carbocycles. The lowest BCUT2D eigenvalue weighted by Gasteiger charge is -2.32. The number of anilines is 1. The minimum absolute atomic E-state index is 0.118. The molecule has 0 amide bonds. The van der Waals surface area contributed by atoms with Crippen LogP contribution in [0.5, 0.6) is 5.75 Å². The first kappa shape index (κ1) is 13.8. The molecule has 0 radical (unpaired) electrons. The Hall–Kier alpha value is -1.22. The Labute approximate surface area is 105 Å². The van der Waals surface area contributed by atoms with Crippen molar-refractivity contribution in [3.8, 4) is 5.75 Å². The molecule has 1 unspecified atom stereocenters. The number of rotatable bonds is 4. The van der Waals surface area contributed by atoms with Gasteiger partial charge < -0.3 is 15.4 Å². The Kier molecular flexibility index (Phi) is 4.40. The van der Waals surface area contributed by atoms with Crippen LogP contribution in [0.15, 0.2) is 24.3 Å². The number of hydrogen-bond acceptors (Lipinski definition) is 3. The van der Waals surface area contributed by atoms with E-state index < -0.39 is 0 Å². The molecule has 1 aromatic rings. The van der Waals surface area contributed by atoms with E-state index in [0.29, 0.717) is 0 Å². The first-order chi connectivity index (χ1) is 7.84. The maximum absolute atomic E-state index is 6.19. The summed E-state index contributed by atoms with van der Waals surface area (Å²) < 4.78 is 5.22. The Balaban J connectivity index is 2.72. The molecule has 0 saturated heterocycles. The van der Waals surface area contributed by atoms with Gasteiger partial charge in [0, 0.05) is 31.4 Å². The normalized spacial score (nSPS) is 13.3. The van der Waals surface area contributed by atoms with Gasteiger partial charge >= 0.3 is 0 Å². The summed E-state index contributed by atoms with van der Waals surface area (Å²) in [5, 5.41) is 0. The van der Waals surface area contributed by atoms with Crippen LogP contribution in [-0.4, -0.2) is 26.7 Å². The molecule has 1 rings (SSSR count). The van der Waals surface area contributed by atoms with Crippen LogP contribution in [0.25, 0.3) is 0 Å². The third-order valence-corrected chi connectivity index (χ3v) is 3.08. The number of hydrogen-bond donors (Lipinski definition) is 1. The molecule has 3 nitrogen and oxygen atoms in total. The summed E-state index contributed by atoms with van der Waals surface area (Å²) in [6, 6.07) is 8.17. The van der Waals surface area contributed by atoms with Crippen LogP contribution in [0, 0.1) is 5.41 Å². The van der Waals surface area contributed by atoms with Crippen molar-refractivity contribution in [2.45, 2.75) is 26.8 Å². The highest BCUT2D eigenvalue weighted by Gasteiger charge is 2.22. The van der Waals surface area contributed by atoms with Gasteiger partial charge in [0.05, 0.1) is 7.11 Å². The zero-order valence-electron chi connectivity index (χ0n) is 11.5. The predicted molar refractivity (Wildman–Crippen MR) is 73.7 cm³/mol. The van der Waals surface area contributed by atoms with Gasteiger partial charge in [-0.3, -0.25) is 0 Å². The maximum atomic E-state index is 6.19. The molecule has 0 aromatic heterocycles. The smallest absolute Gasteiger partial charge is 0.120 e. The minimum Gasteiger partial charge on any atom is -0.497 e. The third kappa shape index (κ3) is 3.93. The quantitative estimate of drug-likeness (QED) is 0.873. The molecule has 96 valence electrons. The largest absolute Gasteiger partial charge is 0.497 e. The number of nitrogens with zero attached hydrogens (tertiary/aromatic N) is 1. The molecule has 0 saturated carbocycles. The first-order valence-electron chi connectivity index (χ1n) is 5.95. The Morgan fingerprint density at radius 1 is 1.35 bits per heavy atom. The molecule has 0 aliphatic heterocycles. The van der Waals surface area contributed by atoms with Gasteiger partial charge in [0.2, 0.25) is 0 Å². The summed E-state index contributed by atoms with van der Waals surface area (Å²) in [5.74, 6) is 0.874. The van der Waals surface area contributed by atoms with Crippen LogP contribution >= 0.6 is 0 Å². The van der Waals surface area contributed by atoms with E-state index in [-0.39, 0.29) is 11.5 Å². The molecule has 0 fully saturated rings. The number of ether oxygens (including phenoxy) is 1. The fourth-order valence-electron chi connectivity index (χ4n) is 1.52. The molecule has 0 bridgehead atoms.